The SMILES string of the molecule is CC[C@@H]1[C@H](N(C)Cc2ccccc2)CCN1C(=O)OC(C)(C)C. The van der Waals surface area contributed by atoms with Gasteiger partial charge in [0.2, 0.25) is 0 Å². The average Bonchev–Trinajstić information content (AvgIpc) is 2.90. The van der Waals surface area contributed by atoms with Gasteiger partial charge in [-0.2, -0.15) is 0 Å². The maximum absolute atomic E-state index is 12.4. The fraction of sp³-hybridized carbons (Fsp3) is 0.632. The number of nitrogens with zero attached hydrogens (tertiary/aromatic N) is 2. The van der Waals surface area contributed by atoms with Gasteiger partial charge in [0.1, 0.15) is 5.60 Å². The van der Waals surface area contributed by atoms with Gasteiger partial charge < -0.3 is 9.64 Å². The van der Waals surface area contributed by atoms with E-state index in [-0.39, 0.29) is 12.1 Å². The second-order valence-corrected chi connectivity index (χ2v) is 7.41. The average molecular weight is 318 g/mol. The molecule has 0 bridgehead atoms. The van der Waals surface area contributed by atoms with E-state index < -0.39 is 5.60 Å². The van der Waals surface area contributed by atoms with Crippen molar-refractivity contribution < 1.29 is 9.53 Å². The van der Waals surface area contributed by atoms with E-state index in [2.05, 4.69) is 43.1 Å². The molecule has 1 fully saturated rings. The van der Waals surface area contributed by atoms with Crippen molar-refractivity contribution in [3.8, 4) is 0 Å². The lowest BCUT2D eigenvalue weighted by molar-refractivity contribution is 0.0186. The first-order valence-corrected chi connectivity index (χ1v) is 8.55. The summed E-state index contributed by atoms with van der Waals surface area (Å²) in [6, 6.07) is 11.1. The molecule has 0 N–H and O–H groups in total. The van der Waals surface area contributed by atoms with E-state index >= 15 is 0 Å². The number of benzene rings is 1. The number of carbonyl (C=O) groups excluding carboxylic acids is 1. The quantitative estimate of drug-likeness (QED) is 0.844. The Labute approximate surface area is 140 Å². The molecule has 0 spiro atoms. The predicted molar refractivity (Wildman–Crippen MR) is 93.3 cm³/mol. The van der Waals surface area contributed by atoms with Gasteiger partial charge in [0, 0.05) is 19.1 Å². The molecule has 1 aliphatic rings. The van der Waals surface area contributed by atoms with Crippen LogP contribution in [0.5, 0.6) is 0 Å². The van der Waals surface area contributed by atoms with Crippen molar-refractivity contribution in [1.82, 2.24) is 9.80 Å². The Morgan fingerprint density at radius 2 is 1.96 bits per heavy atom. The van der Waals surface area contributed by atoms with Gasteiger partial charge in [0.05, 0.1) is 6.04 Å². The molecule has 1 aromatic rings. The Morgan fingerprint density at radius 3 is 2.52 bits per heavy atom. The molecule has 0 unspecified atom stereocenters. The number of likely N-dealkylation sites (tertiary alicyclic amines) is 1. The lowest BCUT2D eigenvalue weighted by atomic mass is 10.0. The smallest absolute Gasteiger partial charge is 0.410 e. The van der Waals surface area contributed by atoms with E-state index in [1.165, 1.54) is 5.56 Å². The summed E-state index contributed by atoms with van der Waals surface area (Å²) in [6.07, 6.45) is 1.77. The summed E-state index contributed by atoms with van der Waals surface area (Å²) in [6.45, 7) is 9.58. The van der Waals surface area contributed by atoms with Crippen molar-refractivity contribution in [1.29, 1.82) is 0 Å². The standard InChI is InChI=1S/C19H30N2O2/c1-6-16-17(20(5)14-15-10-8-7-9-11-15)12-13-21(16)18(22)23-19(2,3)4/h7-11,16-17H,6,12-14H2,1-5H3/t16-,17-/m1/s1. The minimum atomic E-state index is -0.441. The van der Waals surface area contributed by atoms with Crippen LogP contribution in [0.15, 0.2) is 30.3 Å². The fourth-order valence-electron chi connectivity index (χ4n) is 3.38. The molecule has 0 radical (unpaired) electrons. The highest BCUT2D eigenvalue weighted by Gasteiger charge is 2.39. The molecule has 0 aromatic heterocycles. The Kier molecular flexibility index (Phi) is 5.69. The van der Waals surface area contributed by atoms with E-state index in [1.807, 2.05) is 31.7 Å². The van der Waals surface area contributed by atoms with Crippen molar-refractivity contribution >= 4 is 6.09 Å². The van der Waals surface area contributed by atoms with Gasteiger partial charge in [-0.05, 0) is 46.2 Å². The molecular weight excluding hydrogens is 288 g/mol. The van der Waals surface area contributed by atoms with Crippen LogP contribution in [0, 0.1) is 0 Å². The molecule has 1 saturated heterocycles. The largest absolute Gasteiger partial charge is 0.444 e. The minimum absolute atomic E-state index is 0.181. The Bertz CT molecular complexity index is 510. The molecule has 1 amide bonds. The van der Waals surface area contributed by atoms with Gasteiger partial charge in [0.25, 0.3) is 0 Å². The highest BCUT2D eigenvalue weighted by molar-refractivity contribution is 5.69. The van der Waals surface area contributed by atoms with E-state index in [0.717, 1.165) is 25.9 Å². The van der Waals surface area contributed by atoms with Crippen LogP contribution in [-0.2, 0) is 11.3 Å². The molecule has 0 saturated carbocycles. The molecule has 1 aromatic carbocycles. The number of rotatable bonds is 4. The molecule has 2 rings (SSSR count). The zero-order valence-corrected chi connectivity index (χ0v) is 15.1. The van der Waals surface area contributed by atoms with E-state index in [1.54, 1.807) is 0 Å². The number of carbonyl (C=O) groups is 1. The summed E-state index contributed by atoms with van der Waals surface area (Å²) in [4.78, 5) is 16.7. The molecule has 23 heavy (non-hydrogen) atoms. The van der Waals surface area contributed by atoms with Crippen LogP contribution in [0.2, 0.25) is 0 Å². The van der Waals surface area contributed by atoms with Gasteiger partial charge in [-0.15, -0.1) is 0 Å². The van der Waals surface area contributed by atoms with Crippen LogP contribution in [0.1, 0.15) is 46.1 Å². The first-order chi connectivity index (χ1) is 10.8. The summed E-state index contributed by atoms with van der Waals surface area (Å²) in [5.74, 6) is 0. The molecule has 2 atom stereocenters. The van der Waals surface area contributed by atoms with Crippen LogP contribution in [0.4, 0.5) is 4.79 Å². The number of hydrogen-bond acceptors (Lipinski definition) is 3. The maximum Gasteiger partial charge on any atom is 0.410 e. The third kappa shape index (κ3) is 4.71. The van der Waals surface area contributed by atoms with Gasteiger partial charge in [-0.1, -0.05) is 37.3 Å². The summed E-state index contributed by atoms with van der Waals surface area (Å²) >= 11 is 0. The van der Waals surface area contributed by atoms with E-state index in [0.29, 0.717) is 6.04 Å². The summed E-state index contributed by atoms with van der Waals surface area (Å²) in [5, 5.41) is 0. The van der Waals surface area contributed by atoms with Gasteiger partial charge in [-0.3, -0.25) is 4.90 Å². The van der Waals surface area contributed by atoms with E-state index in [9.17, 15) is 4.79 Å². The molecule has 128 valence electrons. The van der Waals surface area contributed by atoms with Crippen molar-refractivity contribution in [3.63, 3.8) is 0 Å². The third-order valence-corrected chi connectivity index (χ3v) is 4.40. The first kappa shape index (κ1) is 17.8. The fourth-order valence-corrected chi connectivity index (χ4v) is 3.38. The van der Waals surface area contributed by atoms with Crippen LogP contribution in [0.3, 0.4) is 0 Å². The number of amides is 1. The summed E-state index contributed by atoms with van der Waals surface area (Å²) in [7, 11) is 2.15. The Balaban J connectivity index is 2.02. The van der Waals surface area contributed by atoms with Crippen molar-refractivity contribution in [2.24, 2.45) is 0 Å². The normalized spacial score (nSPS) is 21.7. The Morgan fingerprint density at radius 1 is 1.30 bits per heavy atom. The molecular formula is C19H30N2O2. The predicted octanol–water partition coefficient (Wildman–Crippen LogP) is 3.91. The Hall–Kier alpha value is -1.55. The number of ether oxygens (including phenoxy) is 1. The highest BCUT2D eigenvalue weighted by atomic mass is 16.6. The lowest BCUT2D eigenvalue weighted by Crippen LogP contribution is -2.46. The molecule has 4 nitrogen and oxygen atoms in total. The van der Waals surface area contributed by atoms with Crippen LogP contribution in [0.25, 0.3) is 0 Å². The van der Waals surface area contributed by atoms with Crippen LogP contribution >= 0.6 is 0 Å². The molecule has 4 heteroatoms. The van der Waals surface area contributed by atoms with Crippen molar-refractivity contribution in [2.45, 2.75) is 64.8 Å². The second kappa shape index (κ2) is 7.35. The van der Waals surface area contributed by atoms with Crippen molar-refractivity contribution in [2.75, 3.05) is 13.6 Å². The monoisotopic (exact) mass is 318 g/mol. The van der Waals surface area contributed by atoms with Gasteiger partial charge in [-0.25, -0.2) is 4.79 Å². The van der Waals surface area contributed by atoms with Crippen LogP contribution in [-0.4, -0.2) is 47.2 Å². The molecule has 1 heterocycles. The van der Waals surface area contributed by atoms with Crippen molar-refractivity contribution in [3.05, 3.63) is 35.9 Å². The van der Waals surface area contributed by atoms with Crippen LogP contribution < -0.4 is 0 Å². The lowest BCUT2D eigenvalue weighted by Gasteiger charge is -2.33. The molecule has 0 aliphatic carbocycles. The highest BCUT2D eigenvalue weighted by Crippen LogP contribution is 2.27. The topological polar surface area (TPSA) is 32.8 Å². The molecule has 1 aliphatic heterocycles. The summed E-state index contributed by atoms with van der Waals surface area (Å²) < 4.78 is 5.57. The number of hydrogen-bond donors (Lipinski definition) is 0. The van der Waals surface area contributed by atoms with E-state index in [4.69, 9.17) is 4.74 Å². The number of likely N-dealkylation sites (N-methyl/N-ethyl adjacent to an activating group) is 1. The first-order valence-electron chi connectivity index (χ1n) is 8.55. The zero-order chi connectivity index (χ0) is 17.0. The minimum Gasteiger partial charge on any atom is -0.444 e. The van der Waals surface area contributed by atoms with Gasteiger partial charge >= 0.3 is 6.09 Å². The third-order valence-electron chi connectivity index (χ3n) is 4.40. The zero-order valence-electron chi connectivity index (χ0n) is 15.1. The second-order valence-electron chi connectivity index (χ2n) is 7.41. The maximum atomic E-state index is 12.4. The van der Waals surface area contributed by atoms with Gasteiger partial charge in [0.15, 0.2) is 0 Å². The summed E-state index contributed by atoms with van der Waals surface area (Å²) in [5.41, 5.74) is 0.865.